The molecule has 1 heterocycles. The zero-order valence-electron chi connectivity index (χ0n) is 8.87. The van der Waals surface area contributed by atoms with E-state index in [-0.39, 0.29) is 35.7 Å². The number of nitrogens with two attached hydrogens (primary N) is 1. The molecule has 2 saturated carbocycles. The molecule has 6 unspecified atom stereocenters. The fraction of sp³-hybridized carbons (Fsp3) is 0.667. The lowest BCUT2D eigenvalue weighted by molar-refractivity contribution is -0.141. The number of likely N-dealkylation sites (tertiary alicyclic amines) is 1. The van der Waals surface area contributed by atoms with E-state index in [1.165, 1.54) is 4.90 Å². The van der Waals surface area contributed by atoms with Gasteiger partial charge in [0.15, 0.2) is 0 Å². The van der Waals surface area contributed by atoms with Crippen molar-refractivity contribution >= 4 is 11.8 Å². The molecule has 4 nitrogen and oxygen atoms in total. The molecule has 0 aromatic rings. The highest BCUT2D eigenvalue weighted by Gasteiger charge is 2.62. The van der Waals surface area contributed by atoms with E-state index >= 15 is 0 Å². The smallest absolute Gasteiger partial charge is 0.234 e. The molecule has 0 spiro atoms. The molecule has 0 radical (unpaired) electrons. The monoisotopic (exact) mass is 218 g/mol. The lowest BCUT2D eigenvalue weighted by atomic mass is 9.85. The van der Waals surface area contributed by atoms with Gasteiger partial charge in [-0.3, -0.25) is 14.5 Å². The maximum atomic E-state index is 12.2. The molecule has 6 atom stereocenters. The molecular weight excluding hydrogens is 204 g/mol. The van der Waals surface area contributed by atoms with Gasteiger partial charge in [-0.2, -0.15) is 0 Å². The predicted molar refractivity (Wildman–Crippen MR) is 56.0 cm³/mol. The second kappa shape index (κ2) is 2.56. The Morgan fingerprint density at radius 3 is 2.00 bits per heavy atom. The molecular formula is C12H14N2O2. The van der Waals surface area contributed by atoms with Crippen LogP contribution in [0.5, 0.6) is 0 Å². The van der Waals surface area contributed by atoms with E-state index in [9.17, 15) is 9.59 Å². The minimum Gasteiger partial charge on any atom is -0.326 e. The lowest BCUT2D eigenvalue weighted by Gasteiger charge is -2.16. The number of allylic oxidation sites excluding steroid dienone is 2. The van der Waals surface area contributed by atoms with Crippen LogP contribution >= 0.6 is 0 Å². The van der Waals surface area contributed by atoms with Gasteiger partial charge >= 0.3 is 0 Å². The zero-order chi connectivity index (χ0) is 11.0. The summed E-state index contributed by atoms with van der Waals surface area (Å²) < 4.78 is 0. The van der Waals surface area contributed by atoms with Crippen LogP contribution in [-0.4, -0.2) is 28.8 Å². The minimum absolute atomic E-state index is 0.00463. The van der Waals surface area contributed by atoms with Crippen LogP contribution in [0.2, 0.25) is 0 Å². The van der Waals surface area contributed by atoms with Crippen LogP contribution in [0.1, 0.15) is 12.8 Å². The Kier molecular flexibility index (Phi) is 1.43. The third kappa shape index (κ3) is 0.857. The third-order valence-corrected chi connectivity index (χ3v) is 4.64. The summed E-state index contributed by atoms with van der Waals surface area (Å²) in [6.07, 6.45) is 6.03. The maximum Gasteiger partial charge on any atom is 0.234 e. The molecule has 0 aromatic carbocycles. The largest absolute Gasteiger partial charge is 0.326 e. The number of nitrogens with zero attached hydrogens (tertiary/aromatic N) is 1. The molecule has 1 saturated heterocycles. The van der Waals surface area contributed by atoms with E-state index in [1.807, 2.05) is 0 Å². The number of imide groups is 1. The average Bonchev–Trinajstić information content (AvgIpc) is 2.71. The van der Waals surface area contributed by atoms with Crippen LogP contribution in [0, 0.1) is 23.7 Å². The fourth-order valence-electron chi connectivity index (χ4n) is 3.75. The predicted octanol–water partition coefficient (Wildman–Crippen LogP) is -0.107. The molecule has 16 heavy (non-hydrogen) atoms. The van der Waals surface area contributed by atoms with E-state index < -0.39 is 0 Å². The van der Waals surface area contributed by atoms with Gasteiger partial charge < -0.3 is 5.73 Å². The first-order valence-electron chi connectivity index (χ1n) is 5.99. The van der Waals surface area contributed by atoms with E-state index in [0.29, 0.717) is 11.8 Å². The molecule has 3 fully saturated rings. The first kappa shape index (κ1) is 8.93. The number of hydrogen-bond acceptors (Lipinski definition) is 3. The number of rotatable bonds is 1. The molecule has 2 N–H and O–H groups in total. The quantitative estimate of drug-likeness (QED) is 0.493. The van der Waals surface area contributed by atoms with Crippen LogP contribution in [0.25, 0.3) is 0 Å². The summed E-state index contributed by atoms with van der Waals surface area (Å²) in [4.78, 5) is 25.9. The van der Waals surface area contributed by atoms with Crippen molar-refractivity contribution in [2.75, 3.05) is 0 Å². The Labute approximate surface area is 93.5 Å². The standard InChI is InChI=1S/C12H14N2O2/c13-7-4-8(7)14-11(15)9-5-1-2-6(3-5)10(9)12(14)16/h1-2,5-10H,3-4,13H2. The van der Waals surface area contributed by atoms with Crippen molar-refractivity contribution in [3.05, 3.63) is 12.2 Å². The van der Waals surface area contributed by atoms with Gasteiger partial charge in [0.05, 0.1) is 17.9 Å². The summed E-state index contributed by atoms with van der Waals surface area (Å²) in [7, 11) is 0. The van der Waals surface area contributed by atoms with E-state index in [0.717, 1.165) is 12.8 Å². The summed E-state index contributed by atoms with van der Waals surface area (Å²) in [5.74, 6) is 0.595. The Morgan fingerprint density at radius 1 is 1.06 bits per heavy atom. The Hall–Kier alpha value is -1.16. The minimum atomic E-state index is -0.0599. The normalized spacial score (nSPS) is 52.7. The topological polar surface area (TPSA) is 63.4 Å². The third-order valence-electron chi connectivity index (χ3n) is 4.64. The second-order valence-electron chi connectivity index (χ2n) is 5.51. The molecule has 1 aliphatic heterocycles. The molecule has 4 rings (SSSR count). The van der Waals surface area contributed by atoms with Gasteiger partial charge in [-0.15, -0.1) is 0 Å². The van der Waals surface area contributed by atoms with Crippen molar-refractivity contribution in [3.63, 3.8) is 0 Å². The highest BCUT2D eigenvalue weighted by molar-refractivity contribution is 6.07. The fourth-order valence-corrected chi connectivity index (χ4v) is 3.75. The number of carbonyl (C=O) groups is 2. The first-order valence-corrected chi connectivity index (χ1v) is 5.99. The highest BCUT2D eigenvalue weighted by Crippen LogP contribution is 2.53. The number of hydrogen-bond donors (Lipinski definition) is 1. The van der Waals surface area contributed by atoms with Gasteiger partial charge in [-0.25, -0.2) is 0 Å². The summed E-state index contributed by atoms with van der Waals surface area (Å²) in [5, 5.41) is 0. The van der Waals surface area contributed by atoms with Crippen LogP contribution in [0.15, 0.2) is 12.2 Å². The Balaban J connectivity index is 1.71. The molecule has 4 heteroatoms. The van der Waals surface area contributed by atoms with Crippen molar-refractivity contribution < 1.29 is 9.59 Å². The number of amides is 2. The van der Waals surface area contributed by atoms with Gasteiger partial charge in [-0.1, -0.05) is 12.2 Å². The average molecular weight is 218 g/mol. The van der Waals surface area contributed by atoms with E-state index in [1.54, 1.807) is 0 Å². The van der Waals surface area contributed by atoms with Gasteiger partial charge in [0.1, 0.15) is 0 Å². The summed E-state index contributed by atoms with van der Waals surface area (Å²) in [6, 6.07) is 0.0299. The van der Waals surface area contributed by atoms with Crippen molar-refractivity contribution in [2.24, 2.45) is 29.4 Å². The van der Waals surface area contributed by atoms with Crippen LogP contribution in [0.3, 0.4) is 0 Å². The summed E-state index contributed by atoms with van der Waals surface area (Å²) in [6.45, 7) is 0. The van der Waals surface area contributed by atoms with Gasteiger partial charge in [-0.05, 0) is 24.7 Å². The SMILES string of the molecule is NC1CC1N1C(=O)C2C3C=CC(C3)C2C1=O. The van der Waals surface area contributed by atoms with E-state index in [2.05, 4.69) is 12.2 Å². The van der Waals surface area contributed by atoms with E-state index in [4.69, 9.17) is 5.73 Å². The first-order chi connectivity index (χ1) is 7.68. The second-order valence-corrected chi connectivity index (χ2v) is 5.51. The van der Waals surface area contributed by atoms with Gasteiger partial charge in [0, 0.05) is 6.04 Å². The summed E-state index contributed by atoms with van der Waals surface area (Å²) >= 11 is 0. The molecule has 2 amide bonds. The van der Waals surface area contributed by atoms with Gasteiger partial charge in [0.2, 0.25) is 11.8 Å². The molecule has 84 valence electrons. The van der Waals surface area contributed by atoms with Crippen molar-refractivity contribution in [3.8, 4) is 0 Å². The number of carbonyl (C=O) groups excluding carboxylic acids is 2. The van der Waals surface area contributed by atoms with Crippen molar-refractivity contribution in [1.82, 2.24) is 4.90 Å². The van der Waals surface area contributed by atoms with Crippen molar-refractivity contribution in [1.29, 1.82) is 0 Å². The maximum absolute atomic E-state index is 12.2. The van der Waals surface area contributed by atoms with Crippen LogP contribution in [-0.2, 0) is 9.59 Å². The van der Waals surface area contributed by atoms with Crippen LogP contribution < -0.4 is 5.73 Å². The number of fused-ring (bicyclic) bond motifs is 5. The summed E-state index contributed by atoms with van der Waals surface area (Å²) in [5.41, 5.74) is 5.74. The lowest BCUT2D eigenvalue weighted by Crippen LogP contribution is -2.37. The van der Waals surface area contributed by atoms with Crippen molar-refractivity contribution in [2.45, 2.75) is 24.9 Å². The molecule has 4 aliphatic rings. The molecule has 3 aliphatic carbocycles. The molecule has 0 aromatic heterocycles. The van der Waals surface area contributed by atoms with Crippen LogP contribution in [0.4, 0.5) is 0 Å². The Bertz CT molecular complexity index is 401. The molecule has 2 bridgehead atoms. The van der Waals surface area contributed by atoms with Gasteiger partial charge in [0.25, 0.3) is 0 Å². The Morgan fingerprint density at radius 2 is 1.56 bits per heavy atom. The highest BCUT2D eigenvalue weighted by atomic mass is 16.2. The zero-order valence-corrected chi connectivity index (χ0v) is 8.87.